The van der Waals surface area contributed by atoms with Crippen molar-refractivity contribution in [2.75, 3.05) is 6.54 Å². The Balaban J connectivity index is 1.86. The van der Waals surface area contributed by atoms with Gasteiger partial charge in [-0.05, 0) is 58.2 Å². The van der Waals surface area contributed by atoms with Crippen molar-refractivity contribution in [1.82, 2.24) is 9.88 Å². The highest BCUT2D eigenvalue weighted by Crippen LogP contribution is 2.27. The molecule has 0 aliphatic carbocycles. The van der Waals surface area contributed by atoms with Crippen molar-refractivity contribution in [3.8, 4) is 5.75 Å². The molecule has 0 radical (unpaired) electrons. The first-order chi connectivity index (χ1) is 14.7. The molecule has 1 saturated heterocycles. The van der Waals surface area contributed by atoms with E-state index in [0.717, 1.165) is 30.5 Å². The molecule has 1 aliphatic rings. The molecule has 1 unspecified atom stereocenters. The number of likely N-dealkylation sites (tertiary alicyclic amines) is 1. The second kappa shape index (κ2) is 9.94. The number of amides is 1. The second-order valence-corrected chi connectivity index (χ2v) is 8.98. The van der Waals surface area contributed by atoms with Gasteiger partial charge >= 0.3 is 6.09 Å². The van der Waals surface area contributed by atoms with Crippen LogP contribution in [0.1, 0.15) is 68.2 Å². The van der Waals surface area contributed by atoms with Crippen molar-refractivity contribution in [2.45, 2.75) is 71.6 Å². The van der Waals surface area contributed by atoms with Crippen molar-refractivity contribution in [3.63, 3.8) is 0 Å². The molecule has 0 spiro atoms. The summed E-state index contributed by atoms with van der Waals surface area (Å²) in [5.74, 6) is 0.243. The highest BCUT2D eigenvalue weighted by molar-refractivity contribution is 6.02. The molecule has 2 heterocycles. The molecule has 3 rings (SSSR count). The van der Waals surface area contributed by atoms with Crippen molar-refractivity contribution in [1.29, 1.82) is 0 Å². The molecule has 0 bridgehead atoms. The number of aryl methyl sites for hydroxylation is 1. The topological polar surface area (TPSA) is 68.7 Å². The molecule has 1 aromatic carbocycles. The molecule has 2 aromatic rings. The smallest absolute Gasteiger partial charge is 0.410 e. The zero-order valence-electron chi connectivity index (χ0n) is 18.9. The third-order valence-electron chi connectivity index (χ3n) is 5.15. The number of Topliss-reactive ketones (excluding diaryl/α,β-unsaturated/α-hetero) is 1. The Labute approximate surface area is 184 Å². The van der Waals surface area contributed by atoms with Gasteiger partial charge in [0.1, 0.15) is 24.0 Å². The van der Waals surface area contributed by atoms with Crippen LogP contribution in [0.2, 0.25) is 0 Å². The average Bonchev–Trinajstić information content (AvgIpc) is 2.98. The predicted octanol–water partition coefficient (Wildman–Crippen LogP) is 5.33. The summed E-state index contributed by atoms with van der Waals surface area (Å²) in [6.07, 6.45) is 2.84. The Hall–Kier alpha value is -2.89. The maximum Gasteiger partial charge on any atom is 0.410 e. The average molecular weight is 425 g/mol. The van der Waals surface area contributed by atoms with Gasteiger partial charge < -0.3 is 9.47 Å². The first-order valence-corrected chi connectivity index (χ1v) is 10.9. The van der Waals surface area contributed by atoms with E-state index >= 15 is 0 Å². The summed E-state index contributed by atoms with van der Waals surface area (Å²) >= 11 is 0. The summed E-state index contributed by atoms with van der Waals surface area (Å²) in [5.41, 5.74) is 1.39. The van der Waals surface area contributed by atoms with Crippen LogP contribution in [0.4, 0.5) is 4.79 Å². The minimum atomic E-state index is -0.622. The summed E-state index contributed by atoms with van der Waals surface area (Å²) in [6, 6.07) is 12.8. The molecule has 31 heavy (non-hydrogen) atoms. The largest absolute Gasteiger partial charge is 0.487 e. The molecule has 0 saturated carbocycles. The molecule has 166 valence electrons. The van der Waals surface area contributed by atoms with Gasteiger partial charge in [0.2, 0.25) is 5.78 Å². The van der Waals surface area contributed by atoms with Crippen LogP contribution in [-0.2, 0) is 11.3 Å². The van der Waals surface area contributed by atoms with E-state index in [9.17, 15) is 9.59 Å². The van der Waals surface area contributed by atoms with Crippen molar-refractivity contribution < 1.29 is 19.1 Å². The summed E-state index contributed by atoms with van der Waals surface area (Å²) in [6.45, 7) is 8.17. The first-order valence-electron chi connectivity index (χ1n) is 10.9. The van der Waals surface area contributed by atoms with E-state index in [1.165, 1.54) is 0 Å². The molecule has 0 N–H and O–H groups in total. The van der Waals surface area contributed by atoms with Gasteiger partial charge in [-0.2, -0.15) is 0 Å². The standard InChI is InChI=1S/C25H32N2O4/c1-18-14-15-21(30-17-19-11-7-5-8-12-19)22(26-18)23(28)20-13-9-6-10-16-27(20)24(29)31-25(2,3)4/h5,7-8,11-12,14-15,20H,6,9-10,13,16-17H2,1-4H3. The van der Waals surface area contributed by atoms with Gasteiger partial charge in [0, 0.05) is 12.2 Å². The van der Waals surface area contributed by atoms with E-state index in [1.807, 2.05) is 64.1 Å². The van der Waals surface area contributed by atoms with Crippen LogP contribution in [0.15, 0.2) is 42.5 Å². The molecule has 6 heteroatoms. The number of benzene rings is 1. The molecule has 6 nitrogen and oxygen atoms in total. The lowest BCUT2D eigenvalue weighted by atomic mass is 10.0. The number of rotatable bonds is 5. The first kappa shape index (κ1) is 22.8. The number of aromatic nitrogens is 1. The summed E-state index contributed by atoms with van der Waals surface area (Å²) < 4.78 is 11.6. The lowest BCUT2D eigenvalue weighted by Gasteiger charge is -2.31. The maximum absolute atomic E-state index is 13.6. The fourth-order valence-electron chi connectivity index (χ4n) is 3.65. The number of hydrogen-bond donors (Lipinski definition) is 0. The van der Waals surface area contributed by atoms with Crippen LogP contribution >= 0.6 is 0 Å². The van der Waals surface area contributed by atoms with Crippen LogP contribution in [0.3, 0.4) is 0 Å². The van der Waals surface area contributed by atoms with Gasteiger partial charge in [-0.3, -0.25) is 9.69 Å². The van der Waals surface area contributed by atoms with E-state index in [2.05, 4.69) is 4.98 Å². The Bertz CT molecular complexity index is 905. The van der Waals surface area contributed by atoms with Crippen LogP contribution in [0.5, 0.6) is 5.75 Å². The number of hydrogen-bond acceptors (Lipinski definition) is 5. The van der Waals surface area contributed by atoms with Crippen LogP contribution < -0.4 is 4.74 Å². The quantitative estimate of drug-likeness (QED) is 0.607. The number of ketones is 1. The Kier molecular flexibility index (Phi) is 7.31. The van der Waals surface area contributed by atoms with Crippen LogP contribution in [0, 0.1) is 6.92 Å². The number of pyridine rings is 1. The van der Waals surface area contributed by atoms with Gasteiger partial charge in [0.05, 0.1) is 0 Å². The third kappa shape index (κ3) is 6.29. The van der Waals surface area contributed by atoms with Crippen molar-refractivity contribution >= 4 is 11.9 Å². The van der Waals surface area contributed by atoms with Gasteiger partial charge in [-0.1, -0.05) is 43.2 Å². The molecular weight excluding hydrogens is 392 g/mol. The maximum atomic E-state index is 13.6. The Morgan fingerprint density at radius 3 is 2.52 bits per heavy atom. The van der Waals surface area contributed by atoms with E-state index in [0.29, 0.717) is 25.3 Å². The Morgan fingerprint density at radius 1 is 1.06 bits per heavy atom. The lowest BCUT2D eigenvalue weighted by Crippen LogP contribution is -2.47. The van der Waals surface area contributed by atoms with Crippen molar-refractivity contribution in [3.05, 3.63) is 59.4 Å². The predicted molar refractivity (Wildman–Crippen MR) is 119 cm³/mol. The van der Waals surface area contributed by atoms with Gasteiger partial charge in [-0.25, -0.2) is 9.78 Å². The molecule has 1 aromatic heterocycles. The fraction of sp³-hybridized carbons (Fsp3) is 0.480. The van der Waals surface area contributed by atoms with Gasteiger partial charge in [-0.15, -0.1) is 0 Å². The monoisotopic (exact) mass is 424 g/mol. The normalized spacial score (nSPS) is 17.0. The second-order valence-electron chi connectivity index (χ2n) is 8.98. The van der Waals surface area contributed by atoms with Crippen molar-refractivity contribution in [2.24, 2.45) is 0 Å². The molecule has 1 atom stereocenters. The minimum absolute atomic E-state index is 0.195. The zero-order valence-corrected chi connectivity index (χ0v) is 18.9. The van der Waals surface area contributed by atoms with E-state index < -0.39 is 17.7 Å². The molecular formula is C25H32N2O4. The van der Waals surface area contributed by atoms with E-state index in [-0.39, 0.29) is 11.5 Å². The fourth-order valence-corrected chi connectivity index (χ4v) is 3.65. The van der Waals surface area contributed by atoms with E-state index in [1.54, 1.807) is 11.0 Å². The van der Waals surface area contributed by atoms with Gasteiger partial charge in [0.25, 0.3) is 0 Å². The number of nitrogens with zero attached hydrogens (tertiary/aromatic N) is 2. The Morgan fingerprint density at radius 2 is 1.81 bits per heavy atom. The summed E-state index contributed by atoms with van der Waals surface area (Å²) in [7, 11) is 0. The number of ether oxygens (including phenoxy) is 2. The number of carbonyl (C=O) groups is 2. The zero-order chi connectivity index (χ0) is 22.4. The highest BCUT2D eigenvalue weighted by atomic mass is 16.6. The number of carbonyl (C=O) groups excluding carboxylic acids is 2. The molecule has 1 aliphatic heterocycles. The molecule has 1 amide bonds. The minimum Gasteiger partial charge on any atom is -0.487 e. The summed E-state index contributed by atoms with van der Waals surface area (Å²) in [4.78, 5) is 32.6. The SMILES string of the molecule is Cc1ccc(OCc2ccccc2)c(C(=O)C2CCCCCN2C(=O)OC(C)(C)C)n1. The third-order valence-corrected chi connectivity index (χ3v) is 5.15. The highest BCUT2D eigenvalue weighted by Gasteiger charge is 2.36. The van der Waals surface area contributed by atoms with Crippen LogP contribution in [-0.4, -0.2) is 39.9 Å². The summed E-state index contributed by atoms with van der Waals surface area (Å²) in [5, 5.41) is 0. The van der Waals surface area contributed by atoms with E-state index in [4.69, 9.17) is 9.47 Å². The van der Waals surface area contributed by atoms with Gasteiger partial charge in [0.15, 0.2) is 5.69 Å². The lowest BCUT2D eigenvalue weighted by molar-refractivity contribution is 0.0164. The van der Waals surface area contributed by atoms with Crippen LogP contribution in [0.25, 0.3) is 0 Å². The molecule has 1 fully saturated rings.